The lowest BCUT2D eigenvalue weighted by molar-refractivity contribution is -0.118. The van der Waals surface area contributed by atoms with Crippen LogP contribution in [0, 0.1) is 0 Å². The van der Waals surface area contributed by atoms with Gasteiger partial charge in [-0.25, -0.2) is 4.98 Å². The molecule has 0 atom stereocenters. The van der Waals surface area contributed by atoms with Gasteiger partial charge in [-0.2, -0.15) is 0 Å². The molecule has 28 heavy (non-hydrogen) atoms. The van der Waals surface area contributed by atoms with E-state index in [1.807, 2.05) is 30.3 Å². The van der Waals surface area contributed by atoms with E-state index in [4.69, 9.17) is 0 Å². The fourth-order valence-electron chi connectivity index (χ4n) is 3.31. The van der Waals surface area contributed by atoms with Gasteiger partial charge in [0, 0.05) is 56.8 Å². The van der Waals surface area contributed by atoms with E-state index in [9.17, 15) is 9.59 Å². The molecule has 1 aliphatic heterocycles. The Hall–Kier alpha value is -3.09. The number of hydrogen-bond acceptors (Lipinski definition) is 5. The monoisotopic (exact) mass is 381 g/mol. The lowest BCUT2D eigenvalue weighted by atomic mass is 10.2. The smallest absolute Gasteiger partial charge is 0.257 e. The average Bonchev–Trinajstić information content (AvgIpc) is 2.76. The third-order valence-electron chi connectivity index (χ3n) is 5.05. The first-order chi connectivity index (χ1) is 13.6. The minimum absolute atomic E-state index is 0.180. The molecule has 1 aromatic carbocycles. The van der Waals surface area contributed by atoms with Crippen molar-refractivity contribution in [3.8, 4) is 0 Å². The summed E-state index contributed by atoms with van der Waals surface area (Å²) in [5.74, 6) is 0.645. The molecule has 0 saturated carbocycles. The Bertz CT molecular complexity index is 779. The third kappa shape index (κ3) is 4.60. The highest BCUT2D eigenvalue weighted by atomic mass is 16.1. The summed E-state index contributed by atoms with van der Waals surface area (Å²) in [6.07, 6.45) is 2.48. The second-order valence-corrected chi connectivity index (χ2v) is 6.71. The number of nitrogens with zero attached hydrogens (tertiary/aromatic N) is 4. The van der Waals surface area contributed by atoms with E-state index in [1.165, 1.54) is 0 Å². The second kappa shape index (κ2) is 9.21. The summed E-state index contributed by atoms with van der Waals surface area (Å²) in [7, 11) is 0. The van der Waals surface area contributed by atoms with Crippen molar-refractivity contribution >= 4 is 29.5 Å². The van der Waals surface area contributed by atoms with Crippen LogP contribution in [-0.4, -0.2) is 61.5 Å². The highest BCUT2D eigenvalue weighted by Crippen LogP contribution is 2.19. The highest BCUT2D eigenvalue weighted by Gasteiger charge is 2.17. The number of piperazine rings is 1. The van der Waals surface area contributed by atoms with E-state index < -0.39 is 0 Å². The Morgan fingerprint density at radius 3 is 2.29 bits per heavy atom. The summed E-state index contributed by atoms with van der Waals surface area (Å²) >= 11 is 0. The summed E-state index contributed by atoms with van der Waals surface area (Å²) in [6, 6.07) is 11.5. The number of pyridine rings is 1. The molecule has 2 amide bonds. The van der Waals surface area contributed by atoms with Gasteiger partial charge in [-0.3, -0.25) is 9.59 Å². The molecular weight excluding hydrogens is 354 g/mol. The molecule has 0 unspecified atom stereocenters. The number of nitrogens with one attached hydrogen (secondary N) is 1. The molecule has 0 aliphatic carbocycles. The summed E-state index contributed by atoms with van der Waals surface area (Å²) in [6.45, 7) is 9.02. The number of anilines is 3. The van der Waals surface area contributed by atoms with Crippen molar-refractivity contribution in [3.63, 3.8) is 0 Å². The van der Waals surface area contributed by atoms with Crippen molar-refractivity contribution in [2.75, 3.05) is 54.4 Å². The zero-order valence-electron chi connectivity index (χ0n) is 16.5. The topological polar surface area (TPSA) is 68.8 Å². The van der Waals surface area contributed by atoms with E-state index in [1.54, 1.807) is 17.2 Å². The van der Waals surface area contributed by atoms with Crippen molar-refractivity contribution in [2.24, 2.45) is 0 Å². The fraction of sp³-hybridized carbons (Fsp3) is 0.381. The molecule has 3 rings (SSSR count). The lowest BCUT2D eigenvalue weighted by Crippen LogP contribution is -2.46. The summed E-state index contributed by atoms with van der Waals surface area (Å²) in [5, 5.41) is 2.92. The quantitative estimate of drug-likeness (QED) is 0.746. The van der Waals surface area contributed by atoms with Gasteiger partial charge in [0.25, 0.3) is 5.91 Å². The SMILES string of the molecule is CCN(CC)c1ccc(NC(=O)c2ccc(N3CCN(C=O)CC3)nc2)cc1. The Kier molecular flexibility index (Phi) is 6.47. The van der Waals surface area contributed by atoms with Crippen LogP contribution in [0.25, 0.3) is 0 Å². The van der Waals surface area contributed by atoms with Crippen LogP contribution in [0.15, 0.2) is 42.6 Å². The molecule has 7 nitrogen and oxygen atoms in total. The Labute approximate surface area is 166 Å². The maximum atomic E-state index is 12.5. The Balaban J connectivity index is 1.59. The maximum absolute atomic E-state index is 12.5. The molecular formula is C21H27N5O2. The second-order valence-electron chi connectivity index (χ2n) is 6.71. The predicted octanol–water partition coefficient (Wildman–Crippen LogP) is 2.46. The van der Waals surface area contributed by atoms with Gasteiger partial charge < -0.3 is 20.0 Å². The van der Waals surface area contributed by atoms with Crippen LogP contribution in [0.5, 0.6) is 0 Å². The van der Waals surface area contributed by atoms with E-state index in [0.717, 1.165) is 49.8 Å². The molecule has 2 heterocycles. The predicted molar refractivity (Wildman–Crippen MR) is 112 cm³/mol. The summed E-state index contributed by atoms with van der Waals surface area (Å²) in [5.41, 5.74) is 2.42. The van der Waals surface area contributed by atoms with Crippen LogP contribution in [0.3, 0.4) is 0 Å². The molecule has 1 N–H and O–H groups in total. The number of carbonyl (C=O) groups is 2. The fourth-order valence-corrected chi connectivity index (χ4v) is 3.31. The standard InChI is InChI=1S/C21H27N5O2/c1-3-25(4-2)19-8-6-18(7-9-19)23-21(28)17-5-10-20(22-15-17)26-13-11-24(16-27)12-14-26/h5-10,15-16H,3-4,11-14H2,1-2H3,(H,23,28). The number of aromatic nitrogens is 1. The largest absolute Gasteiger partial charge is 0.372 e. The molecule has 7 heteroatoms. The van der Waals surface area contributed by atoms with Crippen LogP contribution in [-0.2, 0) is 4.79 Å². The van der Waals surface area contributed by atoms with E-state index in [2.05, 4.69) is 33.9 Å². The lowest BCUT2D eigenvalue weighted by Gasteiger charge is -2.33. The van der Waals surface area contributed by atoms with Crippen LogP contribution < -0.4 is 15.1 Å². The molecule has 0 radical (unpaired) electrons. The van der Waals surface area contributed by atoms with Gasteiger partial charge in [-0.05, 0) is 50.2 Å². The molecule has 1 fully saturated rings. The van der Waals surface area contributed by atoms with E-state index >= 15 is 0 Å². The first kappa shape index (κ1) is 19.7. The number of amides is 2. The van der Waals surface area contributed by atoms with Gasteiger partial charge in [0.15, 0.2) is 0 Å². The molecule has 1 aromatic heterocycles. The van der Waals surface area contributed by atoms with Crippen molar-refractivity contribution < 1.29 is 9.59 Å². The van der Waals surface area contributed by atoms with E-state index in [-0.39, 0.29) is 5.91 Å². The molecule has 0 spiro atoms. The van der Waals surface area contributed by atoms with Gasteiger partial charge in [0.1, 0.15) is 5.82 Å². The molecule has 1 aliphatic rings. The minimum atomic E-state index is -0.180. The Morgan fingerprint density at radius 1 is 1.07 bits per heavy atom. The molecule has 0 bridgehead atoms. The van der Waals surface area contributed by atoms with Gasteiger partial charge in [-0.15, -0.1) is 0 Å². The van der Waals surface area contributed by atoms with Gasteiger partial charge in [0.05, 0.1) is 5.56 Å². The number of hydrogen-bond donors (Lipinski definition) is 1. The average molecular weight is 381 g/mol. The van der Waals surface area contributed by atoms with Gasteiger partial charge >= 0.3 is 0 Å². The maximum Gasteiger partial charge on any atom is 0.257 e. The van der Waals surface area contributed by atoms with Crippen molar-refractivity contribution in [2.45, 2.75) is 13.8 Å². The van der Waals surface area contributed by atoms with Gasteiger partial charge in [0.2, 0.25) is 6.41 Å². The van der Waals surface area contributed by atoms with Crippen LogP contribution in [0.1, 0.15) is 24.2 Å². The number of benzene rings is 1. The highest BCUT2D eigenvalue weighted by molar-refractivity contribution is 6.04. The van der Waals surface area contributed by atoms with Crippen LogP contribution in [0.2, 0.25) is 0 Å². The first-order valence-corrected chi connectivity index (χ1v) is 9.71. The number of carbonyl (C=O) groups excluding carboxylic acids is 2. The Morgan fingerprint density at radius 2 is 1.75 bits per heavy atom. The van der Waals surface area contributed by atoms with Gasteiger partial charge in [-0.1, -0.05) is 0 Å². The van der Waals surface area contributed by atoms with Crippen LogP contribution >= 0.6 is 0 Å². The van der Waals surface area contributed by atoms with E-state index in [0.29, 0.717) is 18.7 Å². The third-order valence-corrected chi connectivity index (χ3v) is 5.05. The summed E-state index contributed by atoms with van der Waals surface area (Å²) < 4.78 is 0. The van der Waals surface area contributed by atoms with Crippen molar-refractivity contribution in [1.82, 2.24) is 9.88 Å². The first-order valence-electron chi connectivity index (χ1n) is 9.71. The van der Waals surface area contributed by atoms with Crippen LogP contribution in [0.4, 0.5) is 17.2 Å². The zero-order chi connectivity index (χ0) is 19.9. The zero-order valence-corrected chi connectivity index (χ0v) is 16.5. The minimum Gasteiger partial charge on any atom is -0.372 e. The van der Waals surface area contributed by atoms with Crippen molar-refractivity contribution in [3.05, 3.63) is 48.2 Å². The normalized spacial score (nSPS) is 13.9. The molecule has 1 saturated heterocycles. The summed E-state index contributed by atoms with van der Waals surface area (Å²) in [4.78, 5) is 33.8. The van der Waals surface area contributed by atoms with Crippen molar-refractivity contribution in [1.29, 1.82) is 0 Å². The number of rotatable bonds is 7. The molecule has 148 valence electrons. The molecule has 2 aromatic rings.